The van der Waals surface area contributed by atoms with Crippen molar-refractivity contribution in [3.63, 3.8) is 0 Å². The third kappa shape index (κ3) is 2.97. The molecule has 0 aliphatic carbocycles. The van der Waals surface area contributed by atoms with Crippen LogP contribution in [0.2, 0.25) is 0 Å². The highest BCUT2D eigenvalue weighted by molar-refractivity contribution is 9.10. The molecule has 2 aromatic heterocycles. The molecule has 0 bridgehead atoms. The first-order valence-corrected chi connectivity index (χ1v) is 5.79. The van der Waals surface area contributed by atoms with Crippen LogP contribution in [0.3, 0.4) is 0 Å². The van der Waals surface area contributed by atoms with Crippen molar-refractivity contribution in [3.8, 4) is 0 Å². The lowest BCUT2D eigenvalue weighted by atomic mass is 10.4. The Bertz CT molecular complexity index is 460. The van der Waals surface area contributed by atoms with Crippen LogP contribution in [0.4, 0.5) is 0 Å². The summed E-state index contributed by atoms with van der Waals surface area (Å²) in [6.45, 7) is 1.95. The van der Waals surface area contributed by atoms with Gasteiger partial charge < -0.3 is 0 Å². The fourth-order valence-electron chi connectivity index (χ4n) is 0.900. The zero-order valence-corrected chi connectivity index (χ0v) is 10.3. The average Bonchev–Trinajstić information content (AvgIpc) is 2.22. The third-order valence-corrected chi connectivity index (χ3v) is 2.82. The van der Waals surface area contributed by atoms with Gasteiger partial charge in [-0.25, -0.2) is 19.9 Å². The molecule has 2 aromatic rings. The van der Waals surface area contributed by atoms with Crippen LogP contribution in [-0.2, 0) is 0 Å². The van der Waals surface area contributed by atoms with Crippen LogP contribution in [0.5, 0.6) is 0 Å². The minimum Gasteiger partial charge on any atom is -0.231 e. The molecule has 0 spiro atoms. The van der Waals surface area contributed by atoms with Crippen molar-refractivity contribution in [3.05, 3.63) is 35.0 Å². The lowest BCUT2D eigenvalue weighted by Crippen LogP contribution is -1.88. The highest BCUT2D eigenvalue weighted by atomic mass is 79.9. The Kier molecular flexibility index (Phi) is 3.27. The summed E-state index contributed by atoms with van der Waals surface area (Å²) in [6, 6.07) is 1.83. The van der Waals surface area contributed by atoms with Gasteiger partial charge in [0, 0.05) is 18.5 Å². The molecule has 0 unspecified atom stereocenters. The SMILES string of the molecule is Cc1cnc(Sc2cc(Br)ncn2)nc1. The van der Waals surface area contributed by atoms with Crippen LogP contribution in [0.25, 0.3) is 0 Å². The monoisotopic (exact) mass is 282 g/mol. The van der Waals surface area contributed by atoms with E-state index < -0.39 is 0 Å². The Balaban J connectivity index is 2.18. The molecule has 0 saturated carbocycles. The summed E-state index contributed by atoms with van der Waals surface area (Å²) in [5.41, 5.74) is 1.04. The molecule has 15 heavy (non-hydrogen) atoms. The van der Waals surface area contributed by atoms with Crippen molar-refractivity contribution >= 4 is 27.7 Å². The molecular weight excluding hydrogens is 276 g/mol. The van der Waals surface area contributed by atoms with Gasteiger partial charge in [0.2, 0.25) is 0 Å². The summed E-state index contributed by atoms with van der Waals surface area (Å²) in [6.07, 6.45) is 5.07. The number of hydrogen-bond acceptors (Lipinski definition) is 5. The zero-order valence-electron chi connectivity index (χ0n) is 7.88. The fraction of sp³-hybridized carbons (Fsp3) is 0.111. The Hall–Kier alpha value is -1.01. The van der Waals surface area contributed by atoms with Crippen molar-refractivity contribution < 1.29 is 0 Å². The fourth-order valence-corrected chi connectivity index (χ4v) is 2.03. The molecule has 4 nitrogen and oxygen atoms in total. The van der Waals surface area contributed by atoms with E-state index >= 15 is 0 Å². The molecule has 0 radical (unpaired) electrons. The maximum Gasteiger partial charge on any atom is 0.193 e. The van der Waals surface area contributed by atoms with E-state index in [1.807, 2.05) is 13.0 Å². The number of hydrogen-bond donors (Lipinski definition) is 0. The maximum absolute atomic E-state index is 4.18. The van der Waals surface area contributed by atoms with E-state index in [-0.39, 0.29) is 0 Å². The van der Waals surface area contributed by atoms with E-state index in [9.17, 15) is 0 Å². The van der Waals surface area contributed by atoms with E-state index in [2.05, 4.69) is 35.9 Å². The number of rotatable bonds is 2. The lowest BCUT2D eigenvalue weighted by molar-refractivity contribution is 0.939. The molecule has 0 saturated heterocycles. The van der Waals surface area contributed by atoms with Crippen LogP contribution < -0.4 is 0 Å². The maximum atomic E-state index is 4.18. The molecule has 0 aliphatic heterocycles. The van der Waals surface area contributed by atoms with Crippen LogP contribution in [0.15, 0.2) is 39.6 Å². The molecular formula is C9H7BrN4S. The van der Waals surface area contributed by atoms with Crippen molar-refractivity contribution in [2.75, 3.05) is 0 Å². The van der Waals surface area contributed by atoms with Gasteiger partial charge in [0.1, 0.15) is 16.0 Å². The van der Waals surface area contributed by atoms with E-state index in [4.69, 9.17) is 0 Å². The number of aryl methyl sites for hydroxylation is 1. The standard InChI is InChI=1S/C9H7BrN4S/c1-6-3-11-9(12-4-6)15-8-2-7(10)13-5-14-8/h2-5H,1H3. The van der Waals surface area contributed by atoms with Crippen LogP contribution >= 0.6 is 27.7 Å². The molecule has 2 heterocycles. The third-order valence-electron chi connectivity index (χ3n) is 1.56. The molecule has 0 amide bonds. The van der Waals surface area contributed by atoms with Gasteiger partial charge in [0.25, 0.3) is 0 Å². The Morgan fingerprint density at radius 3 is 2.53 bits per heavy atom. The minimum atomic E-state index is 0.686. The molecule has 0 fully saturated rings. The second-order valence-electron chi connectivity index (χ2n) is 2.82. The summed E-state index contributed by atoms with van der Waals surface area (Å²) in [5, 5.41) is 1.51. The zero-order chi connectivity index (χ0) is 10.7. The van der Waals surface area contributed by atoms with Gasteiger partial charge in [-0.1, -0.05) is 0 Å². The quantitative estimate of drug-likeness (QED) is 0.626. The second kappa shape index (κ2) is 4.67. The second-order valence-corrected chi connectivity index (χ2v) is 4.62. The molecule has 2 rings (SSSR count). The number of aromatic nitrogens is 4. The average molecular weight is 283 g/mol. The Labute approximate surface area is 99.7 Å². The van der Waals surface area contributed by atoms with Crippen molar-refractivity contribution in [2.24, 2.45) is 0 Å². The van der Waals surface area contributed by atoms with Gasteiger partial charge in [0.05, 0.1) is 0 Å². The largest absolute Gasteiger partial charge is 0.231 e. The molecule has 0 atom stereocenters. The first kappa shape index (κ1) is 10.5. The normalized spacial score (nSPS) is 10.3. The molecule has 76 valence electrons. The lowest BCUT2D eigenvalue weighted by Gasteiger charge is -1.99. The van der Waals surface area contributed by atoms with Gasteiger partial charge in [-0.3, -0.25) is 0 Å². The van der Waals surface area contributed by atoms with Gasteiger partial charge in [-0.05, 0) is 40.2 Å². The van der Waals surface area contributed by atoms with Gasteiger partial charge >= 0.3 is 0 Å². The molecule has 0 aliphatic rings. The van der Waals surface area contributed by atoms with E-state index in [1.165, 1.54) is 18.1 Å². The summed E-state index contributed by atoms with van der Waals surface area (Å²) < 4.78 is 0.757. The predicted octanol–water partition coefficient (Wildman–Crippen LogP) is 2.49. The smallest absolute Gasteiger partial charge is 0.193 e. The van der Waals surface area contributed by atoms with Gasteiger partial charge in [-0.2, -0.15) is 0 Å². The highest BCUT2D eigenvalue weighted by Crippen LogP contribution is 2.23. The van der Waals surface area contributed by atoms with Crippen molar-refractivity contribution in [2.45, 2.75) is 17.1 Å². The van der Waals surface area contributed by atoms with Crippen LogP contribution in [-0.4, -0.2) is 19.9 Å². The van der Waals surface area contributed by atoms with E-state index in [1.54, 1.807) is 12.4 Å². The van der Waals surface area contributed by atoms with E-state index in [0.717, 1.165) is 15.2 Å². The van der Waals surface area contributed by atoms with Gasteiger partial charge in [-0.15, -0.1) is 0 Å². The van der Waals surface area contributed by atoms with Gasteiger partial charge in [0.15, 0.2) is 5.16 Å². The predicted molar refractivity (Wildman–Crippen MR) is 60.6 cm³/mol. The minimum absolute atomic E-state index is 0.686. The van der Waals surface area contributed by atoms with Crippen molar-refractivity contribution in [1.29, 1.82) is 0 Å². The molecule has 0 N–H and O–H groups in total. The van der Waals surface area contributed by atoms with E-state index in [0.29, 0.717) is 5.16 Å². The summed E-state index contributed by atoms with van der Waals surface area (Å²) in [4.78, 5) is 16.4. The van der Waals surface area contributed by atoms with Crippen LogP contribution in [0.1, 0.15) is 5.56 Å². The van der Waals surface area contributed by atoms with Crippen LogP contribution in [0, 0.1) is 6.92 Å². The molecule has 6 heteroatoms. The van der Waals surface area contributed by atoms with Crippen molar-refractivity contribution in [1.82, 2.24) is 19.9 Å². The summed E-state index contributed by atoms with van der Waals surface area (Å²) >= 11 is 4.69. The first-order valence-electron chi connectivity index (χ1n) is 4.18. The Morgan fingerprint density at radius 2 is 1.87 bits per heavy atom. The highest BCUT2D eigenvalue weighted by Gasteiger charge is 2.02. The summed E-state index contributed by atoms with van der Waals surface area (Å²) in [7, 11) is 0. The summed E-state index contributed by atoms with van der Waals surface area (Å²) in [5.74, 6) is 0. The number of halogens is 1. The topological polar surface area (TPSA) is 51.6 Å². The first-order chi connectivity index (χ1) is 7.24. The Morgan fingerprint density at radius 1 is 1.13 bits per heavy atom. The number of nitrogens with zero attached hydrogens (tertiary/aromatic N) is 4. The molecule has 0 aromatic carbocycles.